The van der Waals surface area contributed by atoms with Gasteiger partial charge in [-0.2, -0.15) is 0 Å². The summed E-state index contributed by atoms with van der Waals surface area (Å²) in [7, 11) is 4.71. The molecule has 0 aliphatic carbocycles. The molecule has 0 N–H and O–H groups in total. The van der Waals surface area contributed by atoms with Crippen LogP contribution in [-0.4, -0.2) is 31.3 Å². The van der Waals surface area contributed by atoms with Crippen LogP contribution in [0.4, 0.5) is 0 Å². The van der Waals surface area contributed by atoms with Crippen LogP contribution in [0.5, 0.6) is 17.2 Å². The Hall–Kier alpha value is -2.53. The molecule has 0 saturated heterocycles. The van der Waals surface area contributed by atoms with Gasteiger partial charge in [0, 0.05) is 17.1 Å². The Balaban J connectivity index is 2.22. The maximum atomic E-state index is 6.28. The maximum Gasteiger partial charge on any atom is 0.203 e. The summed E-state index contributed by atoms with van der Waals surface area (Å²) >= 11 is 6.28. The van der Waals surface area contributed by atoms with E-state index in [9.17, 15) is 0 Å². The Morgan fingerprint density at radius 2 is 1.65 bits per heavy atom. The molecule has 0 spiro atoms. The minimum Gasteiger partial charge on any atom is -0.493 e. The Labute approximate surface area is 138 Å². The Kier molecular flexibility index (Phi) is 4.21. The van der Waals surface area contributed by atoms with Crippen LogP contribution in [-0.2, 0) is 0 Å². The number of halogens is 1. The Bertz CT molecular complexity index is 843. The van der Waals surface area contributed by atoms with Crippen molar-refractivity contribution in [1.82, 2.24) is 9.97 Å². The number of benzene rings is 1. The summed E-state index contributed by atoms with van der Waals surface area (Å²) in [5, 5.41) is 1.21. The fourth-order valence-corrected chi connectivity index (χ4v) is 2.66. The van der Waals surface area contributed by atoms with Crippen LogP contribution in [0.2, 0.25) is 5.15 Å². The number of hydrogen-bond donors (Lipinski definition) is 0. The summed E-state index contributed by atoms with van der Waals surface area (Å²) in [5.41, 5.74) is 2.26. The van der Waals surface area contributed by atoms with Crippen molar-refractivity contribution in [2.75, 3.05) is 21.3 Å². The number of nitrogens with zero attached hydrogens (tertiary/aromatic N) is 2. The van der Waals surface area contributed by atoms with E-state index in [1.54, 1.807) is 27.5 Å². The van der Waals surface area contributed by atoms with Crippen molar-refractivity contribution in [3.8, 4) is 28.5 Å². The molecule has 5 nitrogen and oxygen atoms in total. The van der Waals surface area contributed by atoms with Crippen LogP contribution < -0.4 is 14.2 Å². The number of aromatic nitrogens is 2. The highest BCUT2D eigenvalue weighted by Crippen LogP contribution is 2.41. The summed E-state index contributed by atoms with van der Waals surface area (Å²) in [5.74, 6) is 1.64. The van der Waals surface area contributed by atoms with E-state index in [-0.39, 0.29) is 0 Å². The summed E-state index contributed by atoms with van der Waals surface area (Å²) in [6, 6.07) is 9.25. The van der Waals surface area contributed by atoms with E-state index >= 15 is 0 Å². The van der Waals surface area contributed by atoms with Crippen LogP contribution in [0, 0.1) is 0 Å². The van der Waals surface area contributed by atoms with Crippen molar-refractivity contribution < 1.29 is 14.2 Å². The molecule has 3 rings (SSSR count). The van der Waals surface area contributed by atoms with E-state index < -0.39 is 0 Å². The molecular weight excluding hydrogens is 316 g/mol. The van der Waals surface area contributed by atoms with Crippen LogP contribution in [0.25, 0.3) is 22.2 Å². The molecule has 0 aliphatic rings. The second-order valence-corrected chi connectivity index (χ2v) is 5.14. The molecule has 6 heteroatoms. The summed E-state index contributed by atoms with van der Waals surface area (Å²) < 4.78 is 16.1. The number of rotatable bonds is 4. The van der Waals surface area contributed by atoms with Gasteiger partial charge in [-0.1, -0.05) is 11.6 Å². The number of methoxy groups -OCH3 is 3. The van der Waals surface area contributed by atoms with Gasteiger partial charge in [0.1, 0.15) is 5.15 Å². The highest BCUT2D eigenvalue weighted by molar-refractivity contribution is 6.34. The average Bonchev–Trinajstić information content (AvgIpc) is 2.60. The summed E-state index contributed by atoms with van der Waals surface area (Å²) in [4.78, 5) is 8.79. The first-order valence-corrected chi connectivity index (χ1v) is 7.27. The lowest BCUT2D eigenvalue weighted by molar-refractivity contribution is 0.324. The summed E-state index contributed by atoms with van der Waals surface area (Å²) in [6.45, 7) is 0. The molecule has 0 aliphatic heterocycles. The molecule has 0 radical (unpaired) electrons. The predicted molar refractivity (Wildman–Crippen MR) is 89.6 cm³/mol. The van der Waals surface area contributed by atoms with Crippen molar-refractivity contribution in [2.45, 2.75) is 0 Å². The monoisotopic (exact) mass is 330 g/mol. The fraction of sp³-hybridized carbons (Fsp3) is 0.176. The van der Waals surface area contributed by atoms with E-state index in [0.717, 1.165) is 16.5 Å². The van der Waals surface area contributed by atoms with Crippen LogP contribution in [0.3, 0.4) is 0 Å². The van der Waals surface area contributed by atoms with Crippen molar-refractivity contribution in [2.24, 2.45) is 0 Å². The smallest absolute Gasteiger partial charge is 0.203 e. The topological polar surface area (TPSA) is 53.5 Å². The minimum atomic E-state index is 0.402. The SMILES string of the molecule is COc1cc(-c2cc3ncccc3c(Cl)n2)cc(OC)c1OC. The third kappa shape index (κ3) is 2.75. The molecular formula is C17H15ClN2O3. The first-order chi connectivity index (χ1) is 11.2. The molecule has 0 fully saturated rings. The molecule has 0 unspecified atom stereocenters. The molecule has 2 heterocycles. The normalized spacial score (nSPS) is 10.6. The van der Waals surface area contributed by atoms with Crippen LogP contribution >= 0.6 is 11.6 Å². The molecule has 1 aromatic carbocycles. The van der Waals surface area contributed by atoms with Crippen molar-refractivity contribution in [1.29, 1.82) is 0 Å². The zero-order valence-corrected chi connectivity index (χ0v) is 13.7. The molecule has 3 aromatic rings. The fourth-order valence-electron chi connectivity index (χ4n) is 2.41. The van der Waals surface area contributed by atoms with E-state index in [1.807, 2.05) is 30.3 Å². The van der Waals surface area contributed by atoms with Gasteiger partial charge in [0.25, 0.3) is 0 Å². The molecule has 0 atom stereocenters. The van der Waals surface area contributed by atoms with Gasteiger partial charge in [-0.25, -0.2) is 4.98 Å². The van der Waals surface area contributed by atoms with Gasteiger partial charge in [-0.05, 0) is 30.3 Å². The number of fused-ring (bicyclic) bond motifs is 1. The van der Waals surface area contributed by atoms with Crippen LogP contribution in [0.15, 0.2) is 36.5 Å². The standard InChI is InChI=1S/C17H15ClN2O3/c1-21-14-7-10(8-15(22-2)16(14)23-3)12-9-13-11(17(18)20-12)5-4-6-19-13/h4-9H,1-3H3. The lowest BCUT2D eigenvalue weighted by Crippen LogP contribution is -1.96. The number of hydrogen-bond acceptors (Lipinski definition) is 5. The van der Waals surface area contributed by atoms with Gasteiger partial charge in [0.2, 0.25) is 5.75 Å². The zero-order chi connectivity index (χ0) is 16.4. The largest absolute Gasteiger partial charge is 0.493 e. The van der Waals surface area contributed by atoms with Gasteiger partial charge >= 0.3 is 0 Å². The molecule has 118 valence electrons. The third-order valence-electron chi connectivity index (χ3n) is 3.51. The Morgan fingerprint density at radius 1 is 0.957 bits per heavy atom. The van der Waals surface area contributed by atoms with Crippen molar-refractivity contribution in [3.63, 3.8) is 0 Å². The van der Waals surface area contributed by atoms with Crippen LogP contribution in [0.1, 0.15) is 0 Å². The summed E-state index contributed by atoms with van der Waals surface area (Å²) in [6.07, 6.45) is 1.72. The van der Waals surface area contributed by atoms with Gasteiger partial charge < -0.3 is 14.2 Å². The van der Waals surface area contributed by atoms with Gasteiger partial charge in [0.05, 0.1) is 32.5 Å². The zero-order valence-electron chi connectivity index (χ0n) is 13.0. The van der Waals surface area contributed by atoms with Gasteiger partial charge in [-0.3, -0.25) is 4.98 Å². The Morgan fingerprint density at radius 3 is 2.26 bits per heavy atom. The first-order valence-electron chi connectivity index (χ1n) is 6.89. The van der Waals surface area contributed by atoms with E-state index in [0.29, 0.717) is 28.1 Å². The molecule has 0 bridgehead atoms. The predicted octanol–water partition coefficient (Wildman–Crippen LogP) is 3.98. The minimum absolute atomic E-state index is 0.402. The third-order valence-corrected chi connectivity index (χ3v) is 3.80. The second kappa shape index (κ2) is 6.30. The van der Waals surface area contributed by atoms with Crippen molar-refractivity contribution >= 4 is 22.5 Å². The number of pyridine rings is 2. The number of ether oxygens (including phenoxy) is 3. The lowest BCUT2D eigenvalue weighted by atomic mass is 10.1. The average molecular weight is 331 g/mol. The molecule has 2 aromatic heterocycles. The van der Waals surface area contributed by atoms with Crippen molar-refractivity contribution in [3.05, 3.63) is 41.7 Å². The van der Waals surface area contributed by atoms with E-state index in [4.69, 9.17) is 25.8 Å². The van der Waals surface area contributed by atoms with E-state index in [2.05, 4.69) is 9.97 Å². The quantitative estimate of drug-likeness (QED) is 0.677. The maximum absolute atomic E-state index is 6.28. The second-order valence-electron chi connectivity index (χ2n) is 4.78. The lowest BCUT2D eigenvalue weighted by Gasteiger charge is -2.14. The highest BCUT2D eigenvalue weighted by Gasteiger charge is 2.15. The van der Waals surface area contributed by atoms with E-state index in [1.165, 1.54) is 0 Å². The molecule has 0 saturated carbocycles. The first kappa shape index (κ1) is 15.4. The molecule has 23 heavy (non-hydrogen) atoms. The highest BCUT2D eigenvalue weighted by atomic mass is 35.5. The van der Waals surface area contributed by atoms with Gasteiger partial charge in [-0.15, -0.1) is 0 Å². The molecule has 0 amide bonds. The van der Waals surface area contributed by atoms with Gasteiger partial charge in [0.15, 0.2) is 11.5 Å².